The van der Waals surface area contributed by atoms with Crippen molar-refractivity contribution in [3.05, 3.63) is 22.6 Å². The SMILES string of the molecule is Cc1cc(-c2nc(Br)cnc2N)on1. The lowest BCUT2D eigenvalue weighted by molar-refractivity contribution is 0.426. The average molecular weight is 255 g/mol. The lowest BCUT2D eigenvalue weighted by Gasteiger charge is -1.98. The molecule has 0 fully saturated rings. The Balaban J connectivity index is 2.55. The summed E-state index contributed by atoms with van der Waals surface area (Å²) < 4.78 is 5.64. The van der Waals surface area contributed by atoms with Crippen LogP contribution in [0.2, 0.25) is 0 Å². The predicted molar refractivity (Wildman–Crippen MR) is 54.4 cm³/mol. The van der Waals surface area contributed by atoms with Crippen LogP contribution in [0.25, 0.3) is 11.5 Å². The van der Waals surface area contributed by atoms with Gasteiger partial charge in [0, 0.05) is 6.07 Å². The first-order chi connectivity index (χ1) is 6.66. The monoisotopic (exact) mass is 254 g/mol. The third-order valence-corrected chi connectivity index (χ3v) is 2.01. The Kier molecular flexibility index (Phi) is 2.20. The maximum absolute atomic E-state index is 5.65. The number of anilines is 1. The van der Waals surface area contributed by atoms with Crippen molar-refractivity contribution in [1.29, 1.82) is 0 Å². The van der Waals surface area contributed by atoms with E-state index in [0.29, 0.717) is 21.9 Å². The van der Waals surface area contributed by atoms with Gasteiger partial charge >= 0.3 is 0 Å². The van der Waals surface area contributed by atoms with Crippen LogP contribution < -0.4 is 5.73 Å². The van der Waals surface area contributed by atoms with Gasteiger partial charge in [-0.25, -0.2) is 9.97 Å². The number of nitrogen functional groups attached to an aromatic ring is 1. The second-order valence-corrected chi connectivity index (χ2v) is 3.57. The highest BCUT2D eigenvalue weighted by Gasteiger charge is 2.11. The lowest BCUT2D eigenvalue weighted by Crippen LogP contribution is -1.96. The summed E-state index contributed by atoms with van der Waals surface area (Å²) in [6.45, 7) is 1.83. The highest BCUT2D eigenvalue weighted by molar-refractivity contribution is 9.10. The van der Waals surface area contributed by atoms with Crippen molar-refractivity contribution in [3.8, 4) is 11.5 Å². The van der Waals surface area contributed by atoms with Gasteiger partial charge in [-0.05, 0) is 22.9 Å². The Hall–Kier alpha value is -1.43. The Labute approximate surface area is 88.5 Å². The van der Waals surface area contributed by atoms with Crippen molar-refractivity contribution in [2.75, 3.05) is 5.73 Å². The van der Waals surface area contributed by atoms with Crippen molar-refractivity contribution in [1.82, 2.24) is 15.1 Å². The molecule has 6 heteroatoms. The van der Waals surface area contributed by atoms with Crippen LogP contribution in [0.15, 0.2) is 21.4 Å². The van der Waals surface area contributed by atoms with Crippen LogP contribution in [0, 0.1) is 6.92 Å². The zero-order valence-electron chi connectivity index (χ0n) is 7.36. The Bertz CT molecular complexity index is 468. The van der Waals surface area contributed by atoms with Crippen LogP contribution in [0.3, 0.4) is 0 Å². The molecule has 2 rings (SSSR count). The Morgan fingerprint density at radius 3 is 2.93 bits per heavy atom. The molecular formula is C8H7BrN4O. The van der Waals surface area contributed by atoms with E-state index in [1.165, 1.54) is 6.20 Å². The molecule has 0 saturated carbocycles. The van der Waals surface area contributed by atoms with E-state index in [4.69, 9.17) is 10.3 Å². The Morgan fingerprint density at radius 1 is 1.50 bits per heavy atom. The maximum atomic E-state index is 5.65. The minimum absolute atomic E-state index is 0.323. The first kappa shape index (κ1) is 9.14. The number of nitrogens with zero attached hydrogens (tertiary/aromatic N) is 3. The molecule has 0 bridgehead atoms. The first-order valence-electron chi connectivity index (χ1n) is 3.88. The molecule has 0 saturated heterocycles. The summed E-state index contributed by atoms with van der Waals surface area (Å²) >= 11 is 3.21. The van der Waals surface area contributed by atoms with Gasteiger partial charge in [0.2, 0.25) is 0 Å². The zero-order chi connectivity index (χ0) is 10.1. The summed E-state index contributed by atoms with van der Waals surface area (Å²) in [5.41, 5.74) is 6.93. The lowest BCUT2D eigenvalue weighted by atomic mass is 10.3. The van der Waals surface area contributed by atoms with Crippen molar-refractivity contribution in [2.24, 2.45) is 0 Å². The van der Waals surface area contributed by atoms with Gasteiger partial charge in [-0.2, -0.15) is 0 Å². The van der Waals surface area contributed by atoms with Crippen LogP contribution in [-0.4, -0.2) is 15.1 Å². The van der Waals surface area contributed by atoms with Crippen LogP contribution in [-0.2, 0) is 0 Å². The quantitative estimate of drug-likeness (QED) is 0.840. The summed E-state index contributed by atoms with van der Waals surface area (Å²) in [5, 5.41) is 3.75. The fourth-order valence-corrected chi connectivity index (χ4v) is 1.31. The third kappa shape index (κ3) is 1.60. The molecule has 0 aliphatic heterocycles. The molecule has 0 aliphatic carbocycles. The van der Waals surface area contributed by atoms with Crippen molar-refractivity contribution in [3.63, 3.8) is 0 Å². The molecule has 2 N–H and O–H groups in total. The van der Waals surface area contributed by atoms with Gasteiger partial charge in [-0.15, -0.1) is 0 Å². The van der Waals surface area contributed by atoms with E-state index in [9.17, 15) is 0 Å². The zero-order valence-corrected chi connectivity index (χ0v) is 8.95. The van der Waals surface area contributed by atoms with E-state index in [2.05, 4.69) is 31.1 Å². The van der Waals surface area contributed by atoms with Crippen LogP contribution >= 0.6 is 15.9 Å². The highest BCUT2D eigenvalue weighted by Crippen LogP contribution is 2.23. The van der Waals surface area contributed by atoms with Crippen LogP contribution in [0.1, 0.15) is 5.69 Å². The van der Waals surface area contributed by atoms with E-state index >= 15 is 0 Å². The van der Waals surface area contributed by atoms with Crippen molar-refractivity contribution >= 4 is 21.7 Å². The maximum Gasteiger partial charge on any atom is 0.189 e. The number of nitrogens with two attached hydrogens (primary N) is 1. The van der Waals surface area contributed by atoms with Gasteiger partial charge in [0.25, 0.3) is 0 Å². The van der Waals surface area contributed by atoms with E-state index in [1.54, 1.807) is 6.07 Å². The number of rotatable bonds is 1. The summed E-state index contributed by atoms with van der Waals surface area (Å²) in [7, 11) is 0. The summed E-state index contributed by atoms with van der Waals surface area (Å²) in [5.74, 6) is 0.846. The van der Waals surface area contributed by atoms with Gasteiger partial charge in [-0.1, -0.05) is 5.16 Å². The molecule has 72 valence electrons. The minimum Gasteiger partial charge on any atom is -0.382 e. The van der Waals surface area contributed by atoms with Gasteiger partial charge in [-0.3, -0.25) is 0 Å². The molecule has 2 aromatic rings. The predicted octanol–water partition coefficient (Wildman–Crippen LogP) is 1.78. The molecule has 0 amide bonds. The van der Waals surface area contributed by atoms with Crippen LogP contribution in [0.5, 0.6) is 0 Å². The standard InChI is InChI=1S/C8H7BrN4O/c1-4-2-5(14-13-4)7-8(10)11-3-6(9)12-7/h2-3H,1H3,(H2,10,11). The molecule has 14 heavy (non-hydrogen) atoms. The number of aromatic nitrogens is 3. The highest BCUT2D eigenvalue weighted by atomic mass is 79.9. The summed E-state index contributed by atoms with van der Waals surface area (Å²) in [6, 6.07) is 1.76. The molecule has 0 aliphatic rings. The fraction of sp³-hybridized carbons (Fsp3) is 0.125. The molecule has 0 spiro atoms. The average Bonchev–Trinajstić information content (AvgIpc) is 2.56. The smallest absolute Gasteiger partial charge is 0.189 e. The number of hydrogen-bond acceptors (Lipinski definition) is 5. The largest absolute Gasteiger partial charge is 0.382 e. The van der Waals surface area contributed by atoms with Gasteiger partial charge in [0.1, 0.15) is 4.60 Å². The van der Waals surface area contributed by atoms with Crippen molar-refractivity contribution < 1.29 is 4.52 Å². The first-order valence-corrected chi connectivity index (χ1v) is 4.68. The van der Waals surface area contributed by atoms with Crippen molar-refractivity contribution in [2.45, 2.75) is 6.92 Å². The summed E-state index contributed by atoms with van der Waals surface area (Å²) in [6.07, 6.45) is 1.53. The van der Waals surface area contributed by atoms with E-state index in [0.717, 1.165) is 5.69 Å². The van der Waals surface area contributed by atoms with Gasteiger partial charge < -0.3 is 10.3 Å². The molecule has 2 aromatic heterocycles. The second kappa shape index (κ2) is 3.38. The van der Waals surface area contributed by atoms with Crippen LogP contribution in [0.4, 0.5) is 5.82 Å². The van der Waals surface area contributed by atoms with E-state index in [1.807, 2.05) is 6.92 Å². The topological polar surface area (TPSA) is 77.8 Å². The van der Waals surface area contributed by atoms with E-state index in [-0.39, 0.29) is 0 Å². The second-order valence-electron chi connectivity index (χ2n) is 2.76. The van der Waals surface area contributed by atoms with Gasteiger partial charge in [0.15, 0.2) is 17.3 Å². The summed E-state index contributed by atoms with van der Waals surface area (Å²) in [4.78, 5) is 8.10. The molecule has 0 radical (unpaired) electrons. The molecular weight excluding hydrogens is 248 g/mol. The number of aryl methyl sites for hydroxylation is 1. The fourth-order valence-electron chi connectivity index (χ4n) is 1.03. The number of halogens is 1. The number of hydrogen-bond donors (Lipinski definition) is 1. The minimum atomic E-state index is 0.323. The molecule has 0 unspecified atom stereocenters. The normalized spacial score (nSPS) is 10.4. The van der Waals surface area contributed by atoms with Gasteiger partial charge in [0.05, 0.1) is 11.9 Å². The van der Waals surface area contributed by atoms with E-state index < -0.39 is 0 Å². The molecule has 5 nitrogen and oxygen atoms in total. The molecule has 2 heterocycles. The molecule has 0 aromatic carbocycles. The Morgan fingerprint density at radius 2 is 2.29 bits per heavy atom. The molecule has 0 atom stereocenters. The third-order valence-electron chi connectivity index (χ3n) is 1.63.